The van der Waals surface area contributed by atoms with Crippen LogP contribution in [0.1, 0.15) is 11.4 Å². The molecule has 0 aliphatic carbocycles. The van der Waals surface area contributed by atoms with E-state index in [1.54, 1.807) is 0 Å². The largest absolute Gasteiger partial charge is 0.573 e. The molecule has 2 aromatic carbocycles. The van der Waals surface area contributed by atoms with Crippen LogP contribution in [0.4, 0.5) is 26.3 Å². The SMILES string of the molecule is FC(F)(F)c1cc(C(F)(F)F)[n-]n1.[C-]=O.[C-]=O.[Co].[Re].[c-]1ccccc1-c1[c-]cccc1. The Kier molecular flexibility index (Phi) is 17.7. The molecule has 0 saturated carbocycles. The van der Waals surface area contributed by atoms with E-state index in [1.807, 2.05) is 48.5 Å². The van der Waals surface area contributed by atoms with E-state index in [0.29, 0.717) is 0 Å². The first-order valence-electron chi connectivity index (χ1n) is 7.17. The summed E-state index contributed by atoms with van der Waals surface area (Å²) in [4.78, 5) is 15.0. The number of hydrogen-bond donors (Lipinski definition) is 0. The molecule has 170 valence electrons. The van der Waals surface area contributed by atoms with Gasteiger partial charge in [-0.25, -0.2) is 11.1 Å². The van der Waals surface area contributed by atoms with E-state index < -0.39 is 23.7 Å². The summed E-state index contributed by atoms with van der Waals surface area (Å²) in [6, 6.07) is 22.0. The van der Waals surface area contributed by atoms with Gasteiger partial charge in [-0.05, 0) is 11.8 Å². The zero-order chi connectivity index (χ0) is 22.5. The maximum atomic E-state index is 11.7. The Morgan fingerprint density at radius 1 is 0.774 bits per heavy atom. The summed E-state index contributed by atoms with van der Waals surface area (Å²) in [5, 5.41) is 4.72. The van der Waals surface area contributed by atoms with Gasteiger partial charge in [0, 0.05) is 37.2 Å². The molecule has 3 rings (SSSR count). The fraction of sp³-hybridized carbons (Fsp3) is 0.105. The molecular formula is C19H9CoF6N2O2Re-5. The standard InChI is InChI=1S/C12H8.C5HF6N2.2CO.Co.Re/c1-3-7-11(8-4-1)12-9-5-2-6-10-12;6-4(7,8)2-1-3(13-12-2)5(9,10)11;2*1-2;;/h1-7,9H;1H;;;;/q-2;3*-1;;. The number of halogens is 6. The summed E-state index contributed by atoms with van der Waals surface area (Å²) in [5.41, 5.74) is -1.09. The van der Waals surface area contributed by atoms with Crippen molar-refractivity contribution in [2.45, 2.75) is 12.4 Å². The van der Waals surface area contributed by atoms with Crippen molar-refractivity contribution in [3.63, 3.8) is 0 Å². The number of nitrogens with zero attached hydrogens (tertiary/aromatic N) is 2. The van der Waals surface area contributed by atoms with Crippen molar-refractivity contribution in [1.82, 2.24) is 10.2 Å². The van der Waals surface area contributed by atoms with Crippen LogP contribution in [0.25, 0.3) is 11.1 Å². The summed E-state index contributed by atoms with van der Waals surface area (Å²) < 4.78 is 70.3. The molecule has 31 heavy (non-hydrogen) atoms. The number of aromatic nitrogens is 2. The van der Waals surface area contributed by atoms with Crippen LogP contribution in [0.2, 0.25) is 0 Å². The molecule has 3 aromatic rings. The molecule has 0 N–H and O–H groups in total. The minimum atomic E-state index is -4.89. The molecule has 0 aliphatic heterocycles. The van der Waals surface area contributed by atoms with Crippen LogP contribution in [0, 0.1) is 12.1 Å². The van der Waals surface area contributed by atoms with Gasteiger partial charge in [0.25, 0.3) is 0 Å². The molecular weight excluding hydrogens is 647 g/mol. The summed E-state index contributed by atoms with van der Waals surface area (Å²) >= 11 is 0. The first-order valence-corrected chi connectivity index (χ1v) is 7.17. The van der Waals surface area contributed by atoms with Crippen LogP contribution in [0.5, 0.6) is 0 Å². The molecule has 0 atom stereocenters. The quantitative estimate of drug-likeness (QED) is 0.291. The smallest absolute Gasteiger partial charge is 0.431 e. The van der Waals surface area contributed by atoms with Crippen LogP contribution < -0.4 is 5.10 Å². The Balaban J connectivity index is -0.000000413. The molecule has 0 aliphatic rings. The van der Waals surface area contributed by atoms with Crippen molar-refractivity contribution in [1.29, 1.82) is 0 Å². The molecule has 1 heterocycles. The van der Waals surface area contributed by atoms with Gasteiger partial charge in [-0.3, -0.25) is 0 Å². The van der Waals surface area contributed by atoms with Crippen LogP contribution in [-0.4, -0.2) is 18.7 Å². The van der Waals surface area contributed by atoms with E-state index in [0.717, 1.165) is 11.1 Å². The molecule has 0 saturated heterocycles. The third kappa shape index (κ3) is 12.2. The second kappa shape index (κ2) is 16.4. The van der Waals surface area contributed by atoms with Crippen molar-refractivity contribution in [3.05, 3.63) is 78.1 Å². The van der Waals surface area contributed by atoms with Gasteiger partial charge in [0.05, 0.1) is 0 Å². The first-order chi connectivity index (χ1) is 13.7. The molecule has 0 fully saturated rings. The molecule has 0 unspecified atom stereocenters. The third-order valence-corrected chi connectivity index (χ3v) is 2.83. The van der Waals surface area contributed by atoms with Gasteiger partial charge in [-0.2, -0.15) is 74.9 Å². The van der Waals surface area contributed by atoms with E-state index in [2.05, 4.69) is 35.9 Å². The van der Waals surface area contributed by atoms with Gasteiger partial charge in [-0.1, -0.05) is 0 Å². The van der Waals surface area contributed by atoms with Crippen LogP contribution in [0.15, 0.2) is 54.6 Å². The summed E-state index contributed by atoms with van der Waals surface area (Å²) in [7, 11) is 0. The van der Waals surface area contributed by atoms with Gasteiger partial charge in [0.2, 0.25) is 0 Å². The predicted octanol–water partition coefficient (Wildman–Crippen LogP) is 4.23. The van der Waals surface area contributed by atoms with Crippen molar-refractivity contribution in [2.75, 3.05) is 0 Å². The normalized spacial score (nSPS) is 9.61. The number of rotatable bonds is 1. The molecule has 0 bridgehead atoms. The Morgan fingerprint density at radius 3 is 1.42 bits per heavy atom. The van der Waals surface area contributed by atoms with Crippen molar-refractivity contribution >= 4 is 13.6 Å². The fourth-order valence-corrected chi connectivity index (χ4v) is 1.69. The Bertz CT molecular complexity index is 763. The molecule has 12 heteroatoms. The third-order valence-electron chi connectivity index (χ3n) is 2.83. The predicted molar refractivity (Wildman–Crippen MR) is 88.5 cm³/mol. The number of alkyl halides is 6. The maximum Gasteiger partial charge on any atom is 0.431 e. The first kappa shape index (κ1) is 33.4. The second-order valence-electron chi connectivity index (χ2n) is 4.66. The fourth-order valence-electron chi connectivity index (χ4n) is 1.69. The van der Waals surface area contributed by atoms with E-state index in [-0.39, 0.29) is 43.3 Å². The van der Waals surface area contributed by atoms with Gasteiger partial charge < -0.3 is 33.4 Å². The van der Waals surface area contributed by atoms with Gasteiger partial charge >= 0.3 is 12.4 Å². The van der Waals surface area contributed by atoms with Gasteiger partial charge in [0.1, 0.15) is 5.69 Å². The van der Waals surface area contributed by atoms with Gasteiger partial charge in [0.15, 0.2) is 0 Å². The summed E-state index contributed by atoms with van der Waals surface area (Å²) in [6.07, 6.45) is -9.78. The molecule has 1 aromatic heterocycles. The summed E-state index contributed by atoms with van der Waals surface area (Å²) in [6.45, 7) is 9.00. The Hall–Kier alpha value is -2.26. The average Bonchev–Trinajstić information content (AvgIpc) is 3.25. The Morgan fingerprint density at radius 2 is 1.19 bits per heavy atom. The van der Waals surface area contributed by atoms with E-state index in [1.165, 1.54) is 0 Å². The maximum absolute atomic E-state index is 11.7. The topological polar surface area (TPSA) is 61.1 Å². The van der Waals surface area contributed by atoms with Crippen LogP contribution >= 0.6 is 0 Å². The van der Waals surface area contributed by atoms with Crippen LogP contribution in [-0.2, 0) is 59.1 Å². The van der Waals surface area contributed by atoms with Gasteiger partial charge in [-0.15, -0.1) is 12.1 Å². The average molecular weight is 656 g/mol. The molecule has 0 spiro atoms. The van der Waals surface area contributed by atoms with E-state index in [4.69, 9.17) is 9.59 Å². The molecule has 4 nitrogen and oxygen atoms in total. The Labute approximate surface area is 198 Å². The number of carbonyl (C=O) groups excluding carboxylic acids is 2. The van der Waals surface area contributed by atoms with Crippen molar-refractivity contribution in [2.24, 2.45) is 0 Å². The van der Waals surface area contributed by atoms with E-state index >= 15 is 0 Å². The minimum Gasteiger partial charge on any atom is -0.573 e. The van der Waals surface area contributed by atoms with Crippen LogP contribution in [0.3, 0.4) is 0 Å². The molecule has 0 amide bonds. The minimum absolute atomic E-state index is 0. The van der Waals surface area contributed by atoms with Crippen molar-refractivity contribution in [3.8, 4) is 11.1 Å². The molecule has 4 radical (unpaired) electrons. The monoisotopic (exact) mass is 657 g/mol. The zero-order valence-corrected chi connectivity index (χ0v) is 18.6. The summed E-state index contributed by atoms with van der Waals surface area (Å²) in [5.74, 6) is 0. The number of hydrogen-bond acceptors (Lipinski definition) is 3. The second-order valence-corrected chi connectivity index (χ2v) is 4.66. The van der Waals surface area contributed by atoms with E-state index in [9.17, 15) is 26.3 Å². The zero-order valence-electron chi connectivity index (χ0n) is 14.9. The number of benzene rings is 2. The van der Waals surface area contributed by atoms with Crippen molar-refractivity contribution < 1.29 is 73.1 Å².